The molecule has 23 rings (SSSR count). The summed E-state index contributed by atoms with van der Waals surface area (Å²) in [6.45, 7) is 23.9. The number of nitrogens with zero attached hydrogens (tertiary/aromatic N) is 14. The van der Waals surface area contributed by atoms with Crippen LogP contribution >= 0.6 is 97.1 Å². The number of amides is 4. The number of rotatable bonds is 19. The van der Waals surface area contributed by atoms with Crippen LogP contribution in [0.3, 0.4) is 0 Å². The molecule has 5 N–H and O–H groups in total. The summed E-state index contributed by atoms with van der Waals surface area (Å²) >= 11 is 45.6. The number of nitrogens with one attached hydrogen (secondary N) is 3. The molecule has 0 saturated carbocycles. The van der Waals surface area contributed by atoms with Crippen molar-refractivity contribution in [2.45, 2.75) is 30.7 Å². The van der Waals surface area contributed by atoms with Crippen LogP contribution in [0.25, 0.3) is 54.5 Å². The van der Waals surface area contributed by atoms with E-state index in [1.54, 1.807) is 72.9 Å². The molecule has 752 valence electrons. The van der Waals surface area contributed by atoms with Crippen molar-refractivity contribution in [3.05, 3.63) is 397 Å². The summed E-state index contributed by atoms with van der Waals surface area (Å²) in [5.41, 5.74) is 22.1. The summed E-state index contributed by atoms with van der Waals surface area (Å²) in [5, 5.41) is 20.7. The summed E-state index contributed by atoms with van der Waals surface area (Å²) in [4.78, 5) is 89.9. The van der Waals surface area contributed by atoms with Crippen LogP contribution in [-0.2, 0) is 0 Å². The molecule has 0 aliphatic carbocycles. The third-order valence-corrected chi connectivity index (χ3v) is 28.9. The zero-order chi connectivity index (χ0) is 101. The lowest BCUT2D eigenvalue weighted by molar-refractivity contribution is 0.0628. The van der Waals surface area contributed by atoms with Crippen molar-refractivity contribution < 1.29 is 19.2 Å². The zero-order valence-electron chi connectivity index (χ0n) is 81.3. The highest BCUT2D eigenvalue weighted by Gasteiger charge is 2.37. The zero-order valence-corrected chi connectivity index (χ0v) is 88.1. The van der Waals surface area contributed by atoms with Crippen LogP contribution in [0.5, 0.6) is 0 Å². The molecular formula is C116H118BrCl7N18O4. The minimum absolute atomic E-state index is 0.0441. The second-order valence-corrected chi connectivity index (χ2v) is 39.8. The molecule has 5 aromatic heterocycles. The molecule has 16 aromatic rings. The van der Waals surface area contributed by atoms with E-state index >= 15 is 0 Å². The molecule has 7 aliphatic rings. The number of aromatic nitrogens is 5. The van der Waals surface area contributed by atoms with E-state index in [-0.39, 0.29) is 35.0 Å². The van der Waals surface area contributed by atoms with Gasteiger partial charge < -0.3 is 41.3 Å². The Morgan fingerprint density at radius 1 is 0.308 bits per heavy atom. The van der Waals surface area contributed by atoms with Gasteiger partial charge in [0.05, 0.1) is 66.3 Å². The van der Waals surface area contributed by atoms with Crippen LogP contribution in [0.15, 0.2) is 322 Å². The number of imide groups is 2. The van der Waals surface area contributed by atoms with Crippen molar-refractivity contribution in [2.75, 3.05) is 189 Å². The van der Waals surface area contributed by atoms with Crippen molar-refractivity contribution in [3.63, 3.8) is 0 Å². The lowest BCUT2D eigenvalue weighted by Gasteiger charge is -2.37. The van der Waals surface area contributed by atoms with Crippen molar-refractivity contribution in [2.24, 2.45) is 5.73 Å². The number of pyridine rings is 5. The fourth-order valence-corrected chi connectivity index (χ4v) is 20.6. The van der Waals surface area contributed by atoms with Gasteiger partial charge in [-0.3, -0.25) is 68.6 Å². The SMILES string of the molecule is C1CNCCN1.ClC(c1ccccc1)c1ccccc1.Clc1ccc2c(Cl)ccnc2c1.Clc1ccc2c(N3CCCCC3)ccnc2c1.Clc1ccc2c(N3CCN(CCNC(c4ccccc4)c4ccccc4)CC3)ccnc2c1.NCCN1CCN(c2ccnc3cc(Cl)ccc23)CC1.O=C1c2ccccc2C(=O)N1CCBr.O=C1c2ccccc2C(=O)N1CCN1CCN(c2ccnc3cc(Cl)ccc23)CC1. The Kier molecular flexibility index (Phi) is 39.7. The number of carbonyl (C=O) groups excluding carboxylic acids is 4. The minimum Gasteiger partial charge on any atom is -0.371 e. The molecule has 5 saturated heterocycles. The number of benzene rings is 11. The smallest absolute Gasteiger partial charge is 0.261 e. The third kappa shape index (κ3) is 28.6. The Balaban J connectivity index is 0.000000124. The fraction of sp³-hybridized carbons (Fsp3) is 0.267. The Morgan fingerprint density at radius 2 is 0.596 bits per heavy atom. The largest absolute Gasteiger partial charge is 0.371 e. The number of alkyl halides is 2. The van der Waals surface area contributed by atoms with Crippen LogP contribution in [0.4, 0.5) is 22.7 Å². The van der Waals surface area contributed by atoms with E-state index in [0.717, 1.165) is 214 Å². The lowest BCUT2D eigenvalue weighted by Crippen LogP contribution is -2.49. The number of hydrogen-bond donors (Lipinski definition) is 4. The van der Waals surface area contributed by atoms with Crippen LogP contribution in [0.1, 0.15) is 94.4 Å². The monoisotopic (exact) mass is 2150 g/mol. The molecule has 0 spiro atoms. The Labute approximate surface area is 897 Å². The van der Waals surface area contributed by atoms with Gasteiger partial charge in [-0.1, -0.05) is 231 Å². The van der Waals surface area contributed by atoms with Gasteiger partial charge in [-0.2, -0.15) is 0 Å². The number of anilines is 4. The molecule has 11 aromatic carbocycles. The first-order chi connectivity index (χ1) is 71.4. The van der Waals surface area contributed by atoms with Crippen molar-refractivity contribution >= 4 is 198 Å². The van der Waals surface area contributed by atoms with Crippen molar-refractivity contribution in [3.8, 4) is 0 Å². The predicted molar refractivity (Wildman–Crippen MR) is 606 cm³/mol. The molecule has 5 fully saturated rings. The van der Waals surface area contributed by atoms with E-state index in [1.807, 2.05) is 152 Å². The van der Waals surface area contributed by atoms with E-state index in [1.165, 1.54) is 73.4 Å². The van der Waals surface area contributed by atoms with E-state index in [0.29, 0.717) is 62.3 Å². The van der Waals surface area contributed by atoms with E-state index < -0.39 is 0 Å². The number of carbonyl (C=O) groups is 4. The first-order valence-corrected chi connectivity index (χ1v) is 53.4. The second kappa shape index (κ2) is 54.2. The molecule has 12 heterocycles. The first kappa shape index (κ1) is 107. The normalized spacial score (nSPS) is 15.3. The highest BCUT2D eigenvalue weighted by atomic mass is 79.9. The molecule has 0 radical (unpaired) electrons. The maximum absolute atomic E-state index is 12.5. The molecule has 22 nitrogen and oxygen atoms in total. The Bertz CT molecular complexity index is 6850. The maximum atomic E-state index is 12.5. The molecule has 0 atom stereocenters. The quantitative estimate of drug-likeness (QED) is 0.0436. The topological polar surface area (TPSA) is 224 Å². The van der Waals surface area contributed by atoms with Gasteiger partial charge in [-0.05, 0) is 187 Å². The number of halogens is 8. The highest BCUT2D eigenvalue weighted by Crippen LogP contribution is 2.37. The van der Waals surface area contributed by atoms with E-state index in [2.05, 4.69) is 188 Å². The van der Waals surface area contributed by atoms with Gasteiger partial charge in [0.25, 0.3) is 23.6 Å². The van der Waals surface area contributed by atoms with Gasteiger partial charge in [0.15, 0.2) is 0 Å². The molecule has 0 bridgehead atoms. The average Bonchev–Trinajstić information content (AvgIpc) is 1.70. The van der Waals surface area contributed by atoms with Gasteiger partial charge in [0.2, 0.25) is 0 Å². The van der Waals surface area contributed by atoms with Gasteiger partial charge in [-0.25, -0.2) is 0 Å². The summed E-state index contributed by atoms with van der Waals surface area (Å²) in [5.74, 6) is -0.748. The van der Waals surface area contributed by atoms with Crippen molar-refractivity contribution in [1.29, 1.82) is 0 Å². The number of hydrogen-bond acceptors (Lipinski definition) is 20. The molecule has 7 aliphatic heterocycles. The molecule has 4 amide bonds. The molecular weight excluding hydrogens is 2040 g/mol. The standard InChI is InChI=1S/C28H29ClN4.C23H21ClN4O2.C15H19ClN4.C14H15ClN2.C13H11Cl.C10H8BrNO2.C9H5Cl2N.C4H10N2/c29-24-11-12-25-26(21-24)30-14-13-27(25)33-19-17-32(18-20-33)16-15-31-28(22-7-3-1-4-8-22)23-9-5-2-6-10-23;24-16-5-6-19-20(15-16)25-8-7-21(19)27-12-9-26(10-13-27)11-14-28-22(29)17-3-1-2-4-18(17)23(28)30;16-12-1-2-13-14(11-12)18-5-3-15(13)20-9-7-19(6-4-17)8-10-20;15-11-4-5-12-13(10-11)16-7-6-14(12)17-8-2-1-3-9-17;14-13(11-7-3-1-4-8-11)12-9-5-2-6-10-12;11-5-6-12-9(13)7-3-1-2-4-8(7)10(12)14;10-6-1-2-7-8(11)3-4-12-9(7)5-6;1-2-6-4-3-5-1/h1-14,21,28,31H,15-20H2;1-8,15H,9-14H2;1-3,5,11H,4,6-10,17H2;4-7,10H,1-3,8-9H2;1-10,13H;1-4H,5-6H2;1-5H;5-6H,1-4H2. The van der Waals surface area contributed by atoms with Crippen LogP contribution in [0, 0.1) is 0 Å². The summed E-state index contributed by atoms with van der Waals surface area (Å²) in [7, 11) is 0. The Morgan fingerprint density at radius 3 is 0.925 bits per heavy atom. The van der Waals surface area contributed by atoms with Gasteiger partial charge in [0, 0.05) is 275 Å². The highest BCUT2D eigenvalue weighted by molar-refractivity contribution is 9.09. The van der Waals surface area contributed by atoms with Gasteiger partial charge >= 0.3 is 0 Å². The predicted octanol–water partition coefficient (Wildman–Crippen LogP) is 23.0. The second-order valence-electron chi connectivity index (χ2n) is 35.9. The fourth-order valence-electron chi connectivity index (χ4n) is 18.9. The van der Waals surface area contributed by atoms with Crippen molar-refractivity contribution in [1.82, 2.24) is 65.4 Å². The molecule has 30 heteroatoms. The van der Waals surface area contributed by atoms with Crippen LogP contribution < -0.4 is 41.3 Å². The van der Waals surface area contributed by atoms with E-state index in [4.69, 9.17) is 86.9 Å². The van der Waals surface area contributed by atoms with Crippen LogP contribution in [-0.4, -0.2) is 242 Å². The lowest BCUT2D eigenvalue weighted by atomic mass is 9.99. The summed E-state index contributed by atoms with van der Waals surface area (Å²) in [6.07, 6.45) is 13.0. The van der Waals surface area contributed by atoms with E-state index in [9.17, 15) is 19.2 Å². The summed E-state index contributed by atoms with van der Waals surface area (Å²) in [6, 6.07) is 95.0. The van der Waals surface area contributed by atoms with Crippen LogP contribution in [0.2, 0.25) is 30.1 Å². The summed E-state index contributed by atoms with van der Waals surface area (Å²) < 4.78 is 0. The molecule has 146 heavy (non-hydrogen) atoms. The number of fused-ring (bicyclic) bond motifs is 7. The number of piperidine rings is 1. The molecule has 0 unspecified atom stereocenters. The first-order valence-electron chi connectivity index (χ1n) is 49.6. The van der Waals surface area contributed by atoms with Gasteiger partial charge in [0.1, 0.15) is 0 Å². The number of nitrogens with two attached hydrogens (primary N) is 1. The average molecular weight is 2160 g/mol. The van der Waals surface area contributed by atoms with Gasteiger partial charge in [-0.15, -0.1) is 11.6 Å². The minimum atomic E-state index is -0.190. The number of piperazine rings is 4. The third-order valence-electron chi connectivity index (χ3n) is 26.5. The maximum Gasteiger partial charge on any atom is 0.261 e. The Hall–Kier alpha value is -11.8.